The van der Waals surface area contributed by atoms with Gasteiger partial charge in [-0.25, -0.2) is 14.4 Å². The standard InChI is InChI=1S/C17H20FN3O2S/c1-11(2)14-15(24-10-20-14)17(22)21-8-4-5-12(9-21)23-16-13(18)6-3-7-19-16/h3,6-7,10-12H,4-5,8-9H2,1-2H3. The van der Waals surface area contributed by atoms with E-state index < -0.39 is 5.82 Å². The summed E-state index contributed by atoms with van der Waals surface area (Å²) in [5, 5.41) is 0. The molecule has 0 N–H and O–H groups in total. The number of halogens is 1. The van der Waals surface area contributed by atoms with Crippen LogP contribution >= 0.6 is 11.3 Å². The molecule has 0 radical (unpaired) electrons. The molecule has 0 aromatic carbocycles. The lowest BCUT2D eigenvalue weighted by atomic mass is 10.1. The number of thiazole rings is 1. The predicted octanol–water partition coefficient (Wildman–Crippen LogP) is 3.48. The summed E-state index contributed by atoms with van der Waals surface area (Å²) in [5.41, 5.74) is 2.55. The number of pyridine rings is 1. The molecule has 7 heteroatoms. The minimum absolute atomic E-state index is 0.00235. The zero-order chi connectivity index (χ0) is 17.1. The topological polar surface area (TPSA) is 55.3 Å². The fourth-order valence-electron chi connectivity index (χ4n) is 2.80. The Kier molecular flexibility index (Phi) is 5.08. The Balaban J connectivity index is 1.70. The molecule has 24 heavy (non-hydrogen) atoms. The van der Waals surface area contributed by atoms with Crippen molar-refractivity contribution in [3.05, 3.63) is 40.2 Å². The molecule has 1 saturated heterocycles. The molecule has 2 aromatic rings. The molecule has 0 aliphatic carbocycles. The summed E-state index contributed by atoms with van der Waals surface area (Å²) in [6, 6.07) is 2.84. The maximum Gasteiger partial charge on any atom is 0.265 e. The summed E-state index contributed by atoms with van der Waals surface area (Å²) >= 11 is 1.37. The van der Waals surface area contributed by atoms with E-state index in [-0.39, 0.29) is 23.8 Å². The Labute approximate surface area is 144 Å². The second kappa shape index (κ2) is 7.25. The van der Waals surface area contributed by atoms with Crippen molar-refractivity contribution >= 4 is 17.2 Å². The van der Waals surface area contributed by atoms with Crippen molar-refractivity contribution in [2.75, 3.05) is 13.1 Å². The van der Waals surface area contributed by atoms with E-state index in [2.05, 4.69) is 9.97 Å². The molecule has 1 aliphatic rings. The normalized spacial score (nSPS) is 18.0. The van der Waals surface area contributed by atoms with Gasteiger partial charge in [-0.15, -0.1) is 11.3 Å². The van der Waals surface area contributed by atoms with Crippen LogP contribution in [0.1, 0.15) is 48.0 Å². The van der Waals surface area contributed by atoms with Gasteiger partial charge < -0.3 is 9.64 Å². The fraction of sp³-hybridized carbons (Fsp3) is 0.471. The van der Waals surface area contributed by atoms with E-state index in [1.54, 1.807) is 10.4 Å². The van der Waals surface area contributed by atoms with Crippen molar-refractivity contribution in [1.29, 1.82) is 0 Å². The number of aromatic nitrogens is 2. The number of nitrogens with zero attached hydrogens (tertiary/aromatic N) is 3. The van der Waals surface area contributed by atoms with Gasteiger partial charge >= 0.3 is 0 Å². The highest BCUT2D eigenvalue weighted by atomic mass is 32.1. The number of piperidine rings is 1. The molecule has 0 bridgehead atoms. The zero-order valence-electron chi connectivity index (χ0n) is 13.7. The van der Waals surface area contributed by atoms with Crippen molar-refractivity contribution in [2.45, 2.75) is 38.7 Å². The highest BCUT2D eigenvalue weighted by molar-refractivity contribution is 7.11. The van der Waals surface area contributed by atoms with Gasteiger partial charge in [0.1, 0.15) is 11.0 Å². The average Bonchev–Trinajstić information content (AvgIpc) is 3.06. The van der Waals surface area contributed by atoms with Crippen molar-refractivity contribution < 1.29 is 13.9 Å². The number of ether oxygens (including phenoxy) is 1. The lowest BCUT2D eigenvalue weighted by molar-refractivity contribution is 0.0521. The molecule has 1 fully saturated rings. The highest BCUT2D eigenvalue weighted by Crippen LogP contribution is 2.25. The lowest BCUT2D eigenvalue weighted by Gasteiger charge is -2.32. The van der Waals surface area contributed by atoms with Crippen LogP contribution in [-0.4, -0.2) is 40.0 Å². The maximum atomic E-state index is 13.7. The Morgan fingerprint density at radius 2 is 2.29 bits per heavy atom. The highest BCUT2D eigenvalue weighted by Gasteiger charge is 2.29. The molecule has 0 spiro atoms. The van der Waals surface area contributed by atoms with Gasteiger partial charge in [-0.1, -0.05) is 13.8 Å². The second-order valence-corrected chi connectivity index (χ2v) is 7.00. The van der Waals surface area contributed by atoms with Crippen LogP contribution in [0.5, 0.6) is 5.88 Å². The molecule has 0 saturated carbocycles. The van der Waals surface area contributed by atoms with Crippen molar-refractivity contribution in [2.24, 2.45) is 0 Å². The predicted molar refractivity (Wildman–Crippen MR) is 90.0 cm³/mol. The summed E-state index contributed by atoms with van der Waals surface area (Å²) in [6.45, 7) is 5.17. The molecule has 128 valence electrons. The van der Waals surface area contributed by atoms with Crippen LogP contribution in [0.4, 0.5) is 4.39 Å². The van der Waals surface area contributed by atoms with E-state index in [1.807, 2.05) is 13.8 Å². The third-order valence-electron chi connectivity index (χ3n) is 4.00. The largest absolute Gasteiger partial charge is 0.470 e. The second-order valence-electron chi connectivity index (χ2n) is 6.15. The van der Waals surface area contributed by atoms with Crippen LogP contribution in [0.15, 0.2) is 23.8 Å². The molecular formula is C17H20FN3O2S. The van der Waals surface area contributed by atoms with Crippen LogP contribution in [0.25, 0.3) is 0 Å². The van der Waals surface area contributed by atoms with E-state index in [4.69, 9.17) is 4.74 Å². The molecule has 5 nitrogen and oxygen atoms in total. The molecule has 3 heterocycles. The Hall–Kier alpha value is -2.02. The summed E-state index contributed by atoms with van der Waals surface area (Å²) in [5.74, 6) is -0.298. The lowest BCUT2D eigenvalue weighted by Crippen LogP contribution is -2.44. The van der Waals surface area contributed by atoms with Crippen LogP contribution < -0.4 is 4.74 Å². The van der Waals surface area contributed by atoms with E-state index >= 15 is 0 Å². The molecule has 3 rings (SSSR count). The third kappa shape index (κ3) is 3.56. The van der Waals surface area contributed by atoms with Gasteiger partial charge in [-0.3, -0.25) is 4.79 Å². The van der Waals surface area contributed by atoms with E-state index in [1.165, 1.54) is 29.7 Å². The summed E-state index contributed by atoms with van der Waals surface area (Å²) in [7, 11) is 0. The van der Waals surface area contributed by atoms with Gasteiger partial charge in [0.2, 0.25) is 0 Å². The van der Waals surface area contributed by atoms with Crippen LogP contribution in [0, 0.1) is 5.82 Å². The Bertz CT molecular complexity index is 719. The quantitative estimate of drug-likeness (QED) is 0.848. The number of likely N-dealkylation sites (tertiary alicyclic amines) is 1. The van der Waals surface area contributed by atoms with Gasteiger partial charge in [0, 0.05) is 12.7 Å². The number of amides is 1. The molecule has 1 atom stereocenters. The van der Waals surface area contributed by atoms with E-state index in [0.29, 0.717) is 18.0 Å². The average molecular weight is 349 g/mol. The number of rotatable bonds is 4. The number of carbonyl (C=O) groups excluding carboxylic acids is 1. The number of hydrogen-bond donors (Lipinski definition) is 0. The van der Waals surface area contributed by atoms with Gasteiger partial charge in [0.05, 0.1) is 17.7 Å². The van der Waals surface area contributed by atoms with Gasteiger partial charge in [0.15, 0.2) is 5.82 Å². The molecule has 2 aromatic heterocycles. The zero-order valence-corrected chi connectivity index (χ0v) is 14.6. The van der Waals surface area contributed by atoms with Crippen LogP contribution in [0.2, 0.25) is 0 Å². The SMILES string of the molecule is CC(C)c1ncsc1C(=O)N1CCCC(Oc2ncccc2F)C1. The third-order valence-corrected chi connectivity index (χ3v) is 4.83. The Morgan fingerprint density at radius 3 is 3.04 bits per heavy atom. The van der Waals surface area contributed by atoms with Gasteiger partial charge in [-0.05, 0) is 30.9 Å². The minimum atomic E-state index is -0.481. The first-order chi connectivity index (χ1) is 11.6. The summed E-state index contributed by atoms with van der Waals surface area (Å²) in [4.78, 5) is 23.5. The van der Waals surface area contributed by atoms with Crippen molar-refractivity contribution in [3.8, 4) is 5.88 Å². The molecular weight excluding hydrogens is 329 g/mol. The van der Waals surface area contributed by atoms with E-state index in [9.17, 15) is 9.18 Å². The Morgan fingerprint density at radius 1 is 1.46 bits per heavy atom. The molecule has 1 amide bonds. The first-order valence-corrected chi connectivity index (χ1v) is 8.94. The smallest absolute Gasteiger partial charge is 0.265 e. The molecule has 1 aliphatic heterocycles. The first kappa shape index (κ1) is 16.8. The van der Waals surface area contributed by atoms with Gasteiger partial charge in [0.25, 0.3) is 11.8 Å². The van der Waals surface area contributed by atoms with Crippen LogP contribution in [0.3, 0.4) is 0 Å². The van der Waals surface area contributed by atoms with E-state index in [0.717, 1.165) is 18.5 Å². The van der Waals surface area contributed by atoms with Crippen molar-refractivity contribution in [3.63, 3.8) is 0 Å². The fourth-order valence-corrected chi connectivity index (χ4v) is 3.72. The van der Waals surface area contributed by atoms with Crippen LogP contribution in [-0.2, 0) is 0 Å². The summed E-state index contributed by atoms with van der Waals surface area (Å²) in [6.07, 6.45) is 2.85. The maximum absolute atomic E-state index is 13.7. The number of carbonyl (C=O) groups is 1. The summed E-state index contributed by atoms with van der Waals surface area (Å²) < 4.78 is 19.4. The van der Waals surface area contributed by atoms with Gasteiger partial charge in [-0.2, -0.15) is 0 Å². The monoisotopic (exact) mass is 349 g/mol. The minimum Gasteiger partial charge on any atom is -0.470 e. The van der Waals surface area contributed by atoms with Crippen molar-refractivity contribution in [1.82, 2.24) is 14.9 Å². The molecule has 1 unspecified atom stereocenters. The number of hydrogen-bond acceptors (Lipinski definition) is 5. The first-order valence-electron chi connectivity index (χ1n) is 8.06.